The van der Waals surface area contributed by atoms with E-state index in [-0.39, 0.29) is 12.2 Å². The summed E-state index contributed by atoms with van der Waals surface area (Å²) >= 11 is 0. The highest BCUT2D eigenvalue weighted by atomic mass is 16.3. The van der Waals surface area contributed by atoms with Crippen molar-refractivity contribution in [2.75, 3.05) is 0 Å². The molecule has 20 heavy (non-hydrogen) atoms. The molecule has 0 heterocycles. The minimum absolute atomic E-state index is 0.0956. The quantitative estimate of drug-likeness (QED) is 0.406. The lowest BCUT2D eigenvalue weighted by atomic mass is 10.0. The Hall–Kier alpha value is -0.0800. The molecular formula is C18H38O2. The first-order valence-electron chi connectivity index (χ1n) is 9.06. The maximum Gasteiger partial charge on any atom is 0.0540 e. The normalized spacial score (nSPS) is 14.4. The van der Waals surface area contributed by atoms with Crippen LogP contribution < -0.4 is 0 Å². The molecular weight excluding hydrogens is 248 g/mol. The van der Waals surface area contributed by atoms with E-state index < -0.39 is 0 Å². The smallest absolute Gasteiger partial charge is 0.0540 e. The Morgan fingerprint density at radius 1 is 0.500 bits per heavy atom. The summed E-state index contributed by atoms with van der Waals surface area (Å²) in [7, 11) is 0. The number of hydrogen-bond donors (Lipinski definition) is 2. The summed E-state index contributed by atoms with van der Waals surface area (Å²) in [4.78, 5) is 0. The zero-order valence-electron chi connectivity index (χ0n) is 13.9. The van der Waals surface area contributed by atoms with Crippen molar-refractivity contribution in [2.24, 2.45) is 0 Å². The van der Waals surface area contributed by atoms with Gasteiger partial charge in [-0.25, -0.2) is 0 Å². The van der Waals surface area contributed by atoms with Gasteiger partial charge in [0.25, 0.3) is 0 Å². The van der Waals surface area contributed by atoms with Gasteiger partial charge in [-0.3, -0.25) is 0 Å². The molecule has 2 N–H and O–H groups in total. The van der Waals surface area contributed by atoms with Crippen LogP contribution in [0.15, 0.2) is 0 Å². The molecule has 0 amide bonds. The summed E-state index contributed by atoms with van der Waals surface area (Å²) in [6, 6.07) is 0. The van der Waals surface area contributed by atoms with E-state index in [1.165, 1.54) is 38.5 Å². The molecule has 0 bridgehead atoms. The third-order valence-electron chi connectivity index (χ3n) is 4.09. The predicted molar refractivity (Wildman–Crippen MR) is 88.0 cm³/mol. The summed E-state index contributed by atoms with van der Waals surface area (Å²) in [6.45, 7) is 4.35. The Morgan fingerprint density at radius 3 is 1.40 bits per heavy atom. The van der Waals surface area contributed by atoms with Gasteiger partial charge in [0.1, 0.15) is 0 Å². The molecule has 0 rings (SSSR count). The lowest BCUT2D eigenvalue weighted by molar-refractivity contribution is 0.140. The first-order valence-corrected chi connectivity index (χ1v) is 9.06. The van der Waals surface area contributed by atoms with Crippen LogP contribution in [0, 0.1) is 0 Å². The van der Waals surface area contributed by atoms with Crippen LogP contribution >= 0.6 is 0 Å². The number of unbranched alkanes of at least 4 members (excludes halogenated alkanes) is 7. The van der Waals surface area contributed by atoms with Gasteiger partial charge in [0.2, 0.25) is 0 Å². The number of hydrogen-bond acceptors (Lipinski definition) is 2. The monoisotopic (exact) mass is 286 g/mol. The summed E-state index contributed by atoms with van der Waals surface area (Å²) in [5.74, 6) is 0. The van der Waals surface area contributed by atoms with Crippen molar-refractivity contribution in [3.8, 4) is 0 Å². The average molecular weight is 286 g/mol. The van der Waals surface area contributed by atoms with E-state index in [2.05, 4.69) is 13.8 Å². The summed E-state index contributed by atoms with van der Waals surface area (Å²) < 4.78 is 0. The summed E-state index contributed by atoms with van der Waals surface area (Å²) in [5.41, 5.74) is 0. The van der Waals surface area contributed by atoms with E-state index >= 15 is 0 Å². The number of aliphatic hydroxyl groups excluding tert-OH is 2. The van der Waals surface area contributed by atoms with Gasteiger partial charge < -0.3 is 10.2 Å². The van der Waals surface area contributed by atoms with Crippen LogP contribution in [0.1, 0.15) is 104 Å². The van der Waals surface area contributed by atoms with Crippen LogP contribution in [-0.4, -0.2) is 22.4 Å². The van der Waals surface area contributed by atoms with Crippen LogP contribution in [0.3, 0.4) is 0 Å². The topological polar surface area (TPSA) is 40.5 Å². The van der Waals surface area contributed by atoms with E-state index in [0.717, 1.165) is 51.4 Å². The van der Waals surface area contributed by atoms with E-state index in [1.54, 1.807) is 0 Å². The molecule has 0 aliphatic carbocycles. The van der Waals surface area contributed by atoms with Crippen molar-refractivity contribution in [1.29, 1.82) is 0 Å². The van der Waals surface area contributed by atoms with Crippen molar-refractivity contribution in [2.45, 2.75) is 116 Å². The molecule has 2 heteroatoms. The Morgan fingerprint density at radius 2 is 0.900 bits per heavy atom. The number of aliphatic hydroxyl groups is 2. The van der Waals surface area contributed by atoms with E-state index in [4.69, 9.17) is 0 Å². The third kappa shape index (κ3) is 14.3. The second-order valence-electron chi connectivity index (χ2n) is 6.29. The maximum absolute atomic E-state index is 9.90. The van der Waals surface area contributed by atoms with Gasteiger partial charge in [-0.05, 0) is 25.7 Å². The predicted octanol–water partition coefficient (Wildman–Crippen LogP) is 5.21. The maximum atomic E-state index is 9.90. The SMILES string of the molecule is CCCCCCCCC(O)CCCCCC(O)CCC. The molecule has 2 atom stereocenters. The number of rotatable bonds is 15. The zero-order chi connectivity index (χ0) is 15.1. The van der Waals surface area contributed by atoms with Gasteiger partial charge in [0, 0.05) is 0 Å². The van der Waals surface area contributed by atoms with E-state index in [1.807, 2.05) is 0 Å². The van der Waals surface area contributed by atoms with Gasteiger partial charge in [-0.15, -0.1) is 0 Å². The van der Waals surface area contributed by atoms with Crippen LogP contribution in [0.2, 0.25) is 0 Å². The molecule has 0 spiro atoms. The van der Waals surface area contributed by atoms with Crippen molar-refractivity contribution in [3.05, 3.63) is 0 Å². The molecule has 2 unspecified atom stereocenters. The van der Waals surface area contributed by atoms with Crippen molar-refractivity contribution in [3.63, 3.8) is 0 Å². The Bertz CT molecular complexity index is 182. The van der Waals surface area contributed by atoms with Crippen LogP contribution in [0.5, 0.6) is 0 Å². The molecule has 0 saturated carbocycles. The Kier molecular flexibility index (Phi) is 15.3. The molecule has 0 aromatic carbocycles. The van der Waals surface area contributed by atoms with Gasteiger partial charge in [0.05, 0.1) is 12.2 Å². The molecule has 0 aliphatic heterocycles. The highest BCUT2D eigenvalue weighted by Crippen LogP contribution is 2.14. The van der Waals surface area contributed by atoms with Crippen LogP contribution in [-0.2, 0) is 0 Å². The lowest BCUT2D eigenvalue weighted by Gasteiger charge is -2.11. The molecule has 0 aromatic rings. The lowest BCUT2D eigenvalue weighted by Crippen LogP contribution is -2.07. The van der Waals surface area contributed by atoms with Crippen molar-refractivity contribution in [1.82, 2.24) is 0 Å². The van der Waals surface area contributed by atoms with E-state index in [0.29, 0.717) is 0 Å². The first-order chi connectivity index (χ1) is 9.70. The average Bonchev–Trinajstić information content (AvgIpc) is 2.42. The van der Waals surface area contributed by atoms with E-state index in [9.17, 15) is 10.2 Å². The Balaban J connectivity index is 3.22. The standard InChI is InChI=1S/C18H38O2/c1-3-5-6-7-8-10-15-18(20)16-12-9-11-14-17(19)13-4-2/h17-20H,3-16H2,1-2H3. The first kappa shape index (κ1) is 19.9. The van der Waals surface area contributed by atoms with Gasteiger partial charge in [-0.1, -0.05) is 78.1 Å². The second-order valence-corrected chi connectivity index (χ2v) is 6.29. The van der Waals surface area contributed by atoms with Gasteiger partial charge in [-0.2, -0.15) is 0 Å². The molecule has 122 valence electrons. The van der Waals surface area contributed by atoms with Crippen LogP contribution in [0.4, 0.5) is 0 Å². The zero-order valence-corrected chi connectivity index (χ0v) is 13.9. The summed E-state index contributed by atoms with van der Waals surface area (Å²) in [6.07, 6.45) is 15.8. The molecule has 0 aromatic heterocycles. The van der Waals surface area contributed by atoms with Crippen molar-refractivity contribution < 1.29 is 10.2 Å². The molecule has 0 radical (unpaired) electrons. The van der Waals surface area contributed by atoms with Crippen LogP contribution in [0.25, 0.3) is 0 Å². The third-order valence-corrected chi connectivity index (χ3v) is 4.09. The largest absolute Gasteiger partial charge is 0.393 e. The fourth-order valence-electron chi connectivity index (χ4n) is 2.72. The highest BCUT2D eigenvalue weighted by molar-refractivity contribution is 4.59. The molecule has 0 aliphatic rings. The van der Waals surface area contributed by atoms with Crippen molar-refractivity contribution >= 4 is 0 Å². The minimum atomic E-state index is -0.104. The fraction of sp³-hybridized carbons (Fsp3) is 1.00. The molecule has 0 saturated heterocycles. The second kappa shape index (κ2) is 15.3. The highest BCUT2D eigenvalue weighted by Gasteiger charge is 2.05. The molecule has 0 fully saturated rings. The molecule has 2 nitrogen and oxygen atoms in total. The summed E-state index contributed by atoms with van der Waals surface area (Å²) in [5, 5.41) is 19.5. The fourth-order valence-corrected chi connectivity index (χ4v) is 2.72. The van der Waals surface area contributed by atoms with Gasteiger partial charge in [0.15, 0.2) is 0 Å². The van der Waals surface area contributed by atoms with Gasteiger partial charge >= 0.3 is 0 Å². The Labute approximate surface area is 127 Å². The minimum Gasteiger partial charge on any atom is -0.393 e.